The lowest BCUT2D eigenvalue weighted by Crippen LogP contribution is -2.48. The van der Waals surface area contributed by atoms with Crippen LogP contribution in [-0.4, -0.2) is 40.9 Å². The van der Waals surface area contributed by atoms with Crippen molar-refractivity contribution >= 4 is 34.6 Å². The standard InChI is InChI=1S/C17H19ClN8/c18-11-2-1-3-12(6-11)23-8-17(22)4-5-26(9-17)16-14(13(20)7-19)15(21)24-10-25-16/h1-3,6,10,20,23H,4-5,8-9,22H2,(H2,21,24,25). The van der Waals surface area contributed by atoms with E-state index < -0.39 is 5.54 Å². The second-order valence-electron chi connectivity index (χ2n) is 6.34. The Hall–Kier alpha value is -2.89. The lowest BCUT2D eigenvalue weighted by Gasteiger charge is -2.26. The highest BCUT2D eigenvalue weighted by atomic mass is 35.5. The minimum atomic E-state index is -0.492. The zero-order chi connectivity index (χ0) is 18.7. The summed E-state index contributed by atoms with van der Waals surface area (Å²) >= 11 is 6.00. The van der Waals surface area contributed by atoms with Gasteiger partial charge in [0, 0.05) is 30.3 Å². The summed E-state index contributed by atoms with van der Waals surface area (Å²) in [6.45, 7) is 1.72. The predicted octanol–water partition coefficient (Wildman–Crippen LogP) is 1.62. The van der Waals surface area contributed by atoms with Crippen molar-refractivity contribution < 1.29 is 0 Å². The highest BCUT2D eigenvalue weighted by Gasteiger charge is 2.36. The fraction of sp³-hybridized carbons (Fsp3) is 0.294. The number of hydrogen-bond acceptors (Lipinski definition) is 8. The fourth-order valence-corrected chi connectivity index (χ4v) is 3.21. The average molecular weight is 371 g/mol. The van der Waals surface area contributed by atoms with Crippen LogP contribution in [0.1, 0.15) is 12.0 Å². The molecule has 0 saturated carbocycles. The smallest absolute Gasteiger partial charge is 0.146 e. The zero-order valence-corrected chi connectivity index (χ0v) is 14.8. The minimum Gasteiger partial charge on any atom is -0.383 e. The Morgan fingerprint density at radius 2 is 2.27 bits per heavy atom. The number of nitrogens with zero attached hydrogens (tertiary/aromatic N) is 4. The van der Waals surface area contributed by atoms with Crippen LogP contribution in [0, 0.1) is 16.7 Å². The number of hydrogen-bond donors (Lipinski definition) is 4. The maximum absolute atomic E-state index is 9.07. The molecular weight excluding hydrogens is 352 g/mol. The van der Waals surface area contributed by atoms with E-state index in [4.69, 9.17) is 33.7 Å². The molecule has 1 aromatic heterocycles. The molecule has 26 heavy (non-hydrogen) atoms. The van der Waals surface area contributed by atoms with E-state index in [9.17, 15) is 0 Å². The summed E-state index contributed by atoms with van der Waals surface area (Å²) in [6, 6.07) is 9.26. The largest absolute Gasteiger partial charge is 0.383 e. The van der Waals surface area contributed by atoms with E-state index in [1.165, 1.54) is 6.33 Å². The third-order valence-electron chi connectivity index (χ3n) is 4.37. The molecule has 0 aliphatic carbocycles. The molecule has 6 N–H and O–H groups in total. The van der Waals surface area contributed by atoms with Gasteiger partial charge in [-0.15, -0.1) is 0 Å². The Morgan fingerprint density at radius 3 is 3.00 bits per heavy atom. The summed E-state index contributed by atoms with van der Waals surface area (Å²) in [7, 11) is 0. The lowest BCUT2D eigenvalue weighted by molar-refractivity contribution is 0.499. The van der Waals surface area contributed by atoms with E-state index in [0.717, 1.165) is 12.1 Å². The highest BCUT2D eigenvalue weighted by Crippen LogP contribution is 2.29. The lowest BCUT2D eigenvalue weighted by atomic mass is 10.00. The first kappa shape index (κ1) is 17.9. The van der Waals surface area contributed by atoms with Crippen molar-refractivity contribution in [2.24, 2.45) is 5.73 Å². The number of nitrogens with one attached hydrogen (secondary N) is 2. The number of halogens is 1. The molecular formula is C17H19ClN8. The van der Waals surface area contributed by atoms with Crippen molar-refractivity contribution in [1.82, 2.24) is 9.97 Å². The summed E-state index contributed by atoms with van der Waals surface area (Å²) < 4.78 is 0. The summed E-state index contributed by atoms with van der Waals surface area (Å²) in [5, 5.41) is 20.9. The molecule has 1 fully saturated rings. The van der Waals surface area contributed by atoms with Gasteiger partial charge in [0.15, 0.2) is 0 Å². The molecule has 8 nitrogen and oxygen atoms in total. The Bertz CT molecular complexity index is 877. The molecule has 0 bridgehead atoms. The number of nitriles is 1. The van der Waals surface area contributed by atoms with Gasteiger partial charge in [-0.05, 0) is 24.6 Å². The molecule has 9 heteroatoms. The number of aromatic nitrogens is 2. The van der Waals surface area contributed by atoms with Gasteiger partial charge >= 0.3 is 0 Å². The molecule has 1 unspecified atom stereocenters. The molecule has 1 aromatic carbocycles. The van der Waals surface area contributed by atoms with Crippen LogP contribution in [0.15, 0.2) is 30.6 Å². The van der Waals surface area contributed by atoms with Crippen LogP contribution >= 0.6 is 11.6 Å². The number of rotatable bonds is 5. The van der Waals surface area contributed by atoms with E-state index in [1.807, 2.05) is 29.2 Å². The van der Waals surface area contributed by atoms with E-state index in [-0.39, 0.29) is 17.1 Å². The van der Waals surface area contributed by atoms with Crippen LogP contribution in [0.2, 0.25) is 5.02 Å². The van der Waals surface area contributed by atoms with Gasteiger partial charge in [0.2, 0.25) is 0 Å². The third-order valence-corrected chi connectivity index (χ3v) is 4.61. The van der Waals surface area contributed by atoms with Gasteiger partial charge in [0.05, 0.1) is 11.1 Å². The normalized spacial score (nSPS) is 19.2. The predicted molar refractivity (Wildman–Crippen MR) is 103 cm³/mol. The van der Waals surface area contributed by atoms with Crippen LogP contribution in [0.3, 0.4) is 0 Å². The molecule has 2 aromatic rings. The molecule has 2 heterocycles. The van der Waals surface area contributed by atoms with Crippen LogP contribution in [0.4, 0.5) is 17.3 Å². The number of anilines is 3. The number of benzene rings is 1. The summed E-state index contributed by atoms with van der Waals surface area (Å²) in [5.74, 6) is 0.590. The molecule has 0 radical (unpaired) electrons. The molecule has 1 atom stereocenters. The second-order valence-corrected chi connectivity index (χ2v) is 6.78. The average Bonchev–Trinajstić information content (AvgIpc) is 3.02. The molecule has 3 rings (SSSR count). The first-order chi connectivity index (χ1) is 12.4. The first-order valence-corrected chi connectivity index (χ1v) is 8.42. The SMILES string of the molecule is N#CC(=N)c1c(N)ncnc1N1CCC(N)(CNc2cccc(Cl)c2)C1. The van der Waals surface area contributed by atoms with Crippen molar-refractivity contribution in [3.63, 3.8) is 0 Å². The Morgan fingerprint density at radius 1 is 1.46 bits per heavy atom. The van der Waals surface area contributed by atoms with Gasteiger partial charge in [0.25, 0.3) is 0 Å². The van der Waals surface area contributed by atoms with Crippen LogP contribution in [0.25, 0.3) is 0 Å². The molecule has 1 aliphatic rings. The minimum absolute atomic E-state index is 0.119. The van der Waals surface area contributed by atoms with E-state index in [1.54, 1.807) is 6.07 Å². The third kappa shape index (κ3) is 3.69. The van der Waals surface area contributed by atoms with Crippen LogP contribution < -0.4 is 21.7 Å². The topological polar surface area (TPSA) is 141 Å². The summed E-state index contributed by atoms with van der Waals surface area (Å²) in [5.41, 5.74) is 12.8. The van der Waals surface area contributed by atoms with Crippen molar-refractivity contribution in [2.45, 2.75) is 12.0 Å². The van der Waals surface area contributed by atoms with Crippen LogP contribution in [-0.2, 0) is 0 Å². The van der Waals surface area contributed by atoms with Crippen molar-refractivity contribution in [3.8, 4) is 6.07 Å². The van der Waals surface area contributed by atoms with Gasteiger partial charge in [-0.1, -0.05) is 17.7 Å². The monoisotopic (exact) mass is 370 g/mol. The maximum atomic E-state index is 9.07. The summed E-state index contributed by atoms with van der Waals surface area (Å²) in [6.07, 6.45) is 2.06. The molecule has 1 saturated heterocycles. The number of nitrogens with two attached hydrogens (primary N) is 2. The van der Waals surface area contributed by atoms with Crippen molar-refractivity contribution in [2.75, 3.05) is 35.6 Å². The Kier molecular flexibility index (Phi) is 4.93. The first-order valence-electron chi connectivity index (χ1n) is 8.05. The van der Waals surface area contributed by atoms with Gasteiger partial charge in [-0.2, -0.15) is 5.26 Å². The molecule has 1 aliphatic heterocycles. The second kappa shape index (κ2) is 7.15. The molecule has 134 valence electrons. The van der Waals surface area contributed by atoms with Crippen LogP contribution in [0.5, 0.6) is 0 Å². The quantitative estimate of drug-likeness (QED) is 0.586. The maximum Gasteiger partial charge on any atom is 0.146 e. The Balaban J connectivity index is 1.75. The van der Waals surface area contributed by atoms with E-state index in [0.29, 0.717) is 30.5 Å². The van der Waals surface area contributed by atoms with E-state index >= 15 is 0 Å². The van der Waals surface area contributed by atoms with Gasteiger partial charge in [-0.3, -0.25) is 5.41 Å². The van der Waals surface area contributed by atoms with Gasteiger partial charge < -0.3 is 21.7 Å². The summed E-state index contributed by atoms with van der Waals surface area (Å²) in [4.78, 5) is 10.1. The Labute approximate surface area is 156 Å². The van der Waals surface area contributed by atoms with Crippen molar-refractivity contribution in [3.05, 3.63) is 41.2 Å². The van der Waals surface area contributed by atoms with E-state index in [2.05, 4.69) is 15.3 Å². The zero-order valence-electron chi connectivity index (χ0n) is 14.0. The molecule has 0 spiro atoms. The highest BCUT2D eigenvalue weighted by molar-refractivity contribution is 6.30. The van der Waals surface area contributed by atoms with Gasteiger partial charge in [0.1, 0.15) is 29.7 Å². The fourth-order valence-electron chi connectivity index (χ4n) is 3.02. The van der Waals surface area contributed by atoms with Gasteiger partial charge in [-0.25, -0.2) is 9.97 Å². The molecule has 0 amide bonds. The number of nitrogen functional groups attached to an aromatic ring is 1. The van der Waals surface area contributed by atoms with Crippen molar-refractivity contribution in [1.29, 1.82) is 10.7 Å².